The number of nitrogens with zero attached hydrogens (tertiary/aromatic N) is 2. The van der Waals surface area contributed by atoms with Crippen LogP contribution in [0.5, 0.6) is 0 Å². The third kappa shape index (κ3) is 2.37. The lowest BCUT2D eigenvalue weighted by Gasteiger charge is -2.00. The van der Waals surface area contributed by atoms with E-state index in [1.54, 1.807) is 13.0 Å². The van der Waals surface area contributed by atoms with E-state index < -0.39 is 11.9 Å². The first-order chi connectivity index (χ1) is 8.58. The highest BCUT2D eigenvalue weighted by atomic mass is 16.5. The summed E-state index contributed by atoms with van der Waals surface area (Å²) in [5.74, 6) is -1.36. The van der Waals surface area contributed by atoms with Crippen molar-refractivity contribution in [3.63, 3.8) is 0 Å². The molecule has 8 nitrogen and oxygen atoms in total. The fourth-order valence-corrected chi connectivity index (χ4v) is 1.38. The number of aryl methyl sites for hydroxylation is 1. The predicted molar refractivity (Wildman–Crippen MR) is 58.0 cm³/mol. The van der Waals surface area contributed by atoms with E-state index in [-0.39, 0.29) is 17.9 Å². The lowest BCUT2D eigenvalue weighted by molar-refractivity contribution is 0.0685. The van der Waals surface area contributed by atoms with Crippen LogP contribution in [0.4, 0.5) is 0 Å². The highest BCUT2D eigenvalue weighted by Crippen LogP contribution is 2.05. The maximum atomic E-state index is 11.7. The normalized spacial score (nSPS) is 10.3. The molecule has 2 rings (SSSR count). The Balaban J connectivity index is 2.04. The number of carboxylic acids is 1. The Labute approximate surface area is 101 Å². The maximum absolute atomic E-state index is 11.7. The van der Waals surface area contributed by atoms with E-state index in [1.807, 2.05) is 0 Å². The van der Waals surface area contributed by atoms with Gasteiger partial charge in [-0.3, -0.25) is 4.79 Å². The Kier molecular flexibility index (Phi) is 3.09. The lowest BCUT2D eigenvalue weighted by atomic mass is 10.3. The number of hydrogen-bond acceptors (Lipinski definition) is 5. The molecule has 0 saturated carbocycles. The summed E-state index contributed by atoms with van der Waals surface area (Å²) in [5.41, 5.74) is 0.283. The summed E-state index contributed by atoms with van der Waals surface area (Å²) in [7, 11) is 0. The van der Waals surface area contributed by atoms with Crippen molar-refractivity contribution in [2.45, 2.75) is 13.5 Å². The van der Waals surface area contributed by atoms with Crippen LogP contribution in [0.1, 0.15) is 32.4 Å². The number of carbonyl (C=O) groups is 2. The van der Waals surface area contributed by atoms with Crippen LogP contribution in [-0.4, -0.2) is 32.1 Å². The van der Waals surface area contributed by atoms with Crippen LogP contribution in [0.2, 0.25) is 0 Å². The van der Waals surface area contributed by atoms with Crippen molar-refractivity contribution in [2.75, 3.05) is 0 Å². The van der Waals surface area contributed by atoms with Gasteiger partial charge in [-0.2, -0.15) is 0 Å². The largest absolute Gasteiger partial charge is 0.477 e. The number of aromatic amines is 1. The molecule has 0 radical (unpaired) electrons. The monoisotopic (exact) mass is 250 g/mol. The summed E-state index contributed by atoms with van der Waals surface area (Å²) < 4.78 is 4.90. The number of rotatable bonds is 4. The van der Waals surface area contributed by atoms with E-state index >= 15 is 0 Å². The van der Waals surface area contributed by atoms with Gasteiger partial charge in [-0.05, 0) is 6.92 Å². The zero-order valence-corrected chi connectivity index (χ0v) is 9.43. The van der Waals surface area contributed by atoms with Gasteiger partial charge in [0.25, 0.3) is 5.91 Å². The smallest absolute Gasteiger partial charge is 0.354 e. The Morgan fingerprint density at radius 3 is 2.94 bits per heavy atom. The fraction of sp³-hybridized carbons (Fsp3) is 0.200. The molecule has 0 bridgehead atoms. The molecule has 1 amide bonds. The standard InChI is InChI=1S/C10H10N4O4/c1-5-2-6(18-14-5)3-11-9(15)7-8(10(16)17)13-4-12-7/h2,4H,3H2,1H3,(H,11,15)(H,12,13)(H,16,17). The molecular weight excluding hydrogens is 240 g/mol. The van der Waals surface area contributed by atoms with E-state index in [4.69, 9.17) is 9.63 Å². The number of H-pyrrole nitrogens is 1. The molecule has 0 aliphatic carbocycles. The third-order valence-corrected chi connectivity index (χ3v) is 2.17. The summed E-state index contributed by atoms with van der Waals surface area (Å²) in [4.78, 5) is 28.5. The second-order valence-electron chi connectivity index (χ2n) is 3.55. The Morgan fingerprint density at radius 1 is 1.56 bits per heavy atom. The molecule has 0 aliphatic rings. The minimum absolute atomic E-state index is 0.117. The van der Waals surface area contributed by atoms with Crippen LogP contribution in [0, 0.1) is 6.92 Å². The van der Waals surface area contributed by atoms with E-state index in [2.05, 4.69) is 20.4 Å². The number of carbonyl (C=O) groups excluding carboxylic acids is 1. The SMILES string of the molecule is Cc1cc(CNC(=O)c2nc[nH]c2C(=O)O)on1. The number of imidazole rings is 1. The Morgan fingerprint density at radius 2 is 2.33 bits per heavy atom. The van der Waals surface area contributed by atoms with Crippen molar-refractivity contribution in [1.29, 1.82) is 0 Å². The van der Waals surface area contributed by atoms with Gasteiger partial charge >= 0.3 is 5.97 Å². The molecule has 0 aromatic carbocycles. The van der Waals surface area contributed by atoms with Crippen molar-refractivity contribution in [3.05, 3.63) is 35.2 Å². The lowest BCUT2D eigenvalue weighted by Crippen LogP contribution is -2.25. The average molecular weight is 250 g/mol. The van der Waals surface area contributed by atoms with E-state index in [0.717, 1.165) is 6.33 Å². The number of aromatic nitrogens is 3. The molecule has 94 valence electrons. The fourth-order valence-electron chi connectivity index (χ4n) is 1.38. The van der Waals surface area contributed by atoms with Crippen LogP contribution in [0.3, 0.4) is 0 Å². The summed E-state index contributed by atoms with van der Waals surface area (Å²) in [5, 5.41) is 15.0. The molecule has 3 N–H and O–H groups in total. The van der Waals surface area contributed by atoms with Crippen LogP contribution in [-0.2, 0) is 6.54 Å². The summed E-state index contributed by atoms with van der Waals surface area (Å²) >= 11 is 0. The van der Waals surface area contributed by atoms with Gasteiger partial charge in [0.05, 0.1) is 18.6 Å². The highest BCUT2D eigenvalue weighted by molar-refractivity contribution is 6.02. The molecule has 2 heterocycles. The van der Waals surface area contributed by atoms with Crippen molar-refractivity contribution in [1.82, 2.24) is 20.4 Å². The van der Waals surface area contributed by atoms with Gasteiger partial charge in [-0.15, -0.1) is 0 Å². The number of hydrogen-bond donors (Lipinski definition) is 3. The maximum Gasteiger partial charge on any atom is 0.354 e. The quantitative estimate of drug-likeness (QED) is 0.719. The van der Waals surface area contributed by atoms with Crippen LogP contribution >= 0.6 is 0 Å². The summed E-state index contributed by atoms with van der Waals surface area (Å²) in [6.07, 6.45) is 1.15. The average Bonchev–Trinajstić information content (AvgIpc) is 2.94. The van der Waals surface area contributed by atoms with Crippen LogP contribution < -0.4 is 5.32 Å². The molecular formula is C10H10N4O4. The first-order valence-electron chi connectivity index (χ1n) is 5.05. The van der Waals surface area contributed by atoms with Crippen molar-refractivity contribution in [3.8, 4) is 0 Å². The molecule has 8 heteroatoms. The van der Waals surface area contributed by atoms with Crippen LogP contribution in [0.25, 0.3) is 0 Å². The van der Waals surface area contributed by atoms with Gasteiger partial charge in [0.15, 0.2) is 17.1 Å². The van der Waals surface area contributed by atoms with Crippen LogP contribution in [0.15, 0.2) is 16.9 Å². The number of nitrogens with one attached hydrogen (secondary N) is 2. The van der Waals surface area contributed by atoms with Gasteiger partial charge in [0.2, 0.25) is 0 Å². The number of carboxylic acid groups (broad SMARTS) is 1. The molecule has 0 fully saturated rings. The first-order valence-corrected chi connectivity index (χ1v) is 5.05. The second-order valence-corrected chi connectivity index (χ2v) is 3.55. The van der Waals surface area contributed by atoms with E-state index in [0.29, 0.717) is 11.5 Å². The van der Waals surface area contributed by atoms with Gasteiger partial charge in [-0.1, -0.05) is 5.16 Å². The van der Waals surface area contributed by atoms with Gasteiger partial charge < -0.3 is 19.9 Å². The predicted octanol–water partition coefficient (Wildman–Crippen LogP) is 0.334. The second kappa shape index (κ2) is 4.70. The van der Waals surface area contributed by atoms with Crippen molar-refractivity contribution < 1.29 is 19.2 Å². The van der Waals surface area contributed by atoms with E-state index in [1.165, 1.54) is 0 Å². The first kappa shape index (κ1) is 11.8. The third-order valence-electron chi connectivity index (χ3n) is 2.17. The minimum atomic E-state index is -1.24. The minimum Gasteiger partial charge on any atom is -0.477 e. The molecule has 2 aromatic rings. The zero-order chi connectivity index (χ0) is 13.1. The van der Waals surface area contributed by atoms with E-state index in [9.17, 15) is 9.59 Å². The van der Waals surface area contributed by atoms with Gasteiger partial charge in [0.1, 0.15) is 0 Å². The molecule has 0 saturated heterocycles. The van der Waals surface area contributed by atoms with Gasteiger partial charge in [-0.25, -0.2) is 9.78 Å². The van der Waals surface area contributed by atoms with Crippen molar-refractivity contribution >= 4 is 11.9 Å². The number of aromatic carboxylic acids is 1. The number of amides is 1. The topological polar surface area (TPSA) is 121 Å². The van der Waals surface area contributed by atoms with Gasteiger partial charge in [0, 0.05) is 6.07 Å². The Hall–Kier alpha value is -2.64. The zero-order valence-electron chi connectivity index (χ0n) is 9.43. The summed E-state index contributed by atoms with van der Waals surface area (Å²) in [6, 6.07) is 1.67. The summed E-state index contributed by atoms with van der Waals surface area (Å²) in [6.45, 7) is 1.87. The highest BCUT2D eigenvalue weighted by Gasteiger charge is 2.19. The molecule has 0 aliphatic heterocycles. The Bertz CT molecular complexity index is 586. The molecule has 0 spiro atoms. The molecule has 0 unspecified atom stereocenters. The van der Waals surface area contributed by atoms with Crippen molar-refractivity contribution in [2.24, 2.45) is 0 Å². The molecule has 18 heavy (non-hydrogen) atoms. The molecule has 0 atom stereocenters. The molecule has 2 aromatic heterocycles.